The highest BCUT2D eigenvalue weighted by molar-refractivity contribution is 5.82. The quantitative estimate of drug-likeness (QED) is 0.748. The molecule has 0 spiro atoms. The van der Waals surface area contributed by atoms with Crippen LogP contribution in [-0.2, 0) is 4.79 Å². The van der Waals surface area contributed by atoms with E-state index in [1.54, 1.807) is 32.0 Å². The summed E-state index contributed by atoms with van der Waals surface area (Å²) in [5.41, 5.74) is 1.47. The van der Waals surface area contributed by atoms with Gasteiger partial charge in [-0.1, -0.05) is 12.1 Å². The SMILES string of the molecule is CC(=N)CC(CC(C)=O)c1cccc(O)c1. The fourth-order valence-corrected chi connectivity index (χ4v) is 1.80. The third-order valence-corrected chi connectivity index (χ3v) is 2.43. The Hall–Kier alpha value is -1.64. The molecule has 0 saturated carbocycles. The number of ketones is 1. The van der Waals surface area contributed by atoms with E-state index in [4.69, 9.17) is 5.41 Å². The van der Waals surface area contributed by atoms with E-state index in [0.29, 0.717) is 18.6 Å². The van der Waals surface area contributed by atoms with Gasteiger partial charge >= 0.3 is 0 Å². The van der Waals surface area contributed by atoms with Crippen molar-refractivity contribution in [1.29, 1.82) is 5.41 Å². The van der Waals surface area contributed by atoms with E-state index in [0.717, 1.165) is 5.56 Å². The summed E-state index contributed by atoms with van der Waals surface area (Å²) in [5, 5.41) is 16.9. The van der Waals surface area contributed by atoms with Crippen molar-refractivity contribution in [2.75, 3.05) is 0 Å². The van der Waals surface area contributed by atoms with Gasteiger partial charge in [0.25, 0.3) is 0 Å². The number of carbonyl (C=O) groups is 1. The Labute approximate surface area is 95.6 Å². The van der Waals surface area contributed by atoms with E-state index in [1.165, 1.54) is 0 Å². The van der Waals surface area contributed by atoms with E-state index in [-0.39, 0.29) is 17.5 Å². The lowest BCUT2D eigenvalue weighted by molar-refractivity contribution is -0.117. The van der Waals surface area contributed by atoms with Gasteiger partial charge in [0.05, 0.1) is 0 Å². The number of hydrogen-bond donors (Lipinski definition) is 2. The number of phenols is 1. The molecule has 0 radical (unpaired) electrons. The van der Waals surface area contributed by atoms with Crippen molar-refractivity contribution < 1.29 is 9.90 Å². The Kier molecular flexibility index (Phi) is 4.23. The number of rotatable bonds is 5. The van der Waals surface area contributed by atoms with E-state index in [9.17, 15) is 9.90 Å². The fourth-order valence-electron chi connectivity index (χ4n) is 1.80. The van der Waals surface area contributed by atoms with Crippen LogP contribution >= 0.6 is 0 Å². The van der Waals surface area contributed by atoms with Gasteiger partial charge in [0.2, 0.25) is 0 Å². The third kappa shape index (κ3) is 3.85. The topological polar surface area (TPSA) is 61.2 Å². The Morgan fingerprint density at radius 1 is 1.38 bits per heavy atom. The van der Waals surface area contributed by atoms with Crippen LogP contribution in [0.25, 0.3) is 0 Å². The lowest BCUT2D eigenvalue weighted by Crippen LogP contribution is -2.08. The molecule has 0 aliphatic rings. The minimum absolute atomic E-state index is 0.00194. The van der Waals surface area contributed by atoms with Crippen molar-refractivity contribution >= 4 is 11.5 Å². The van der Waals surface area contributed by atoms with E-state index < -0.39 is 0 Å². The van der Waals surface area contributed by atoms with Crippen molar-refractivity contribution in [2.24, 2.45) is 0 Å². The summed E-state index contributed by atoms with van der Waals surface area (Å²) in [6.45, 7) is 3.28. The molecule has 1 unspecified atom stereocenters. The molecular formula is C13H17NO2. The third-order valence-electron chi connectivity index (χ3n) is 2.43. The Morgan fingerprint density at radius 2 is 2.06 bits per heavy atom. The lowest BCUT2D eigenvalue weighted by atomic mass is 9.89. The minimum Gasteiger partial charge on any atom is -0.508 e. The van der Waals surface area contributed by atoms with Gasteiger partial charge in [0.1, 0.15) is 11.5 Å². The summed E-state index contributed by atoms with van der Waals surface area (Å²) in [4.78, 5) is 11.2. The van der Waals surface area contributed by atoms with Crippen molar-refractivity contribution in [2.45, 2.75) is 32.6 Å². The van der Waals surface area contributed by atoms with E-state index >= 15 is 0 Å². The summed E-state index contributed by atoms with van der Waals surface area (Å²) >= 11 is 0. The van der Waals surface area contributed by atoms with E-state index in [2.05, 4.69) is 0 Å². The van der Waals surface area contributed by atoms with Crippen LogP contribution in [0.2, 0.25) is 0 Å². The molecule has 16 heavy (non-hydrogen) atoms. The zero-order valence-corrected chi connectivity index (χ0v) is 9.66. The highest BCUT2D eigenvalue weighted by atomic mass is 16.3. The van der Waals surface area contributed by atoms with Gasteiger partial charge in [-0.25, -0.2) is 0 Å². The van der Waals surface area contributed by atoms with Gasteiger partial charge < -0.3 is 15.3 Å². The van der Waals surface area contributed by atoms with Crippen molar-refractivity contribution in [3.8, 4) is 5.75 Å². The summed E-state index contributed by atoms with van der Waals surface area (Å²) in [6, 6.07) is 6.91. The predicted octanol–water partition coefficient (Wildman–Crippen LogP) is 2.88. The maximum absolute atomic E-state index is 11.2. The number of phenolic OH excluding ortho intramolecular Hbond substituents is 1. The van der Waals surface area contributed by atoms with Crippen LogP contribution < -0.4 is 0 Å². The molecule has 0 heterocycles. The fraction of sp³-hybridized carbons (Fsp3) is 0.385. The first-order valence-electron chi connectivity index (χ1n) is 5.31. The van der Waals surface area contributed by atoms with Gasteiger partial charge in [-0.15, -0.1) is 0 Å². The zero-order chi connectivity index (χ0) is 12.1. The molecule has 0 amide bonds. The number of hydrogen-bond acceptors (Lipinski definition) is 3. The molecular weight excluding hydrogens is 202 g/mol. The number of nitrogens with one attached hydrogen (secondary N) is 1. The average molecular weight is 219 g/mol. The predicted molar refractivity (Wildman–Crippen MR) is 64.2 cm³/mol. The number of benzene rings is 1. The summed E-state index contributed by atoms with van der Waals surface area (Å²) in [7, 11) is 0. The van der Waals surface area contributed by atoms with Crippen molar-refractivity contribution in [3.63, 3.8) is 0 Å². The van der Waals surface area contributed by atoms with Crippen LogP contribution in [0.3, 0.4) is 0 Å². The van der Waals surface area contributed by atoms with Gasteiger partial charge in [0.15, 0.2) is 0 Å². The molecule has 0 fully saturated rings. The second kappa shape index (κ2) is 5.45. The second-order valence-electron chi connectivity index (χ2n) is 4.18. The molecule has 1 rings (SSSR count). The number of aromatic hydroxyl groups is 1. The molecule has 1 atom stereocenters. The summed E-state index contributed by atoms with van der Waals surface area (Å²) < 4.78 is 0. The molecule has 0 bridgehead atoms. The summed E-state index contributed by atoms with van der Waals surface area (Å²) in [5.74, 6) is 0.311. The molecule has 3 nitrogen and oxygen atoms in total. The molecule has 3 heteroatoms. The monoisotopic (exact) mass is 219 g/mol. The molecule has 0 saturated heterocycles. The lowest BCUT2D eigenvalue weighted by Gasteiger charge is -2.15. The maximum Gasteiger partial charge on any atom is 0.130 e. The smallest absolute Gasteiger partial charge is 0.130 e. The number of Topliss-reactive ketones (excluding diaryl/α,β-unsaturated/α-hetero) is 1. The van der Waals surface area contributed by atoms with Gasteiger partial charge in [-0.2, -0.15) is 0 Å². The number of carbonyl (C=O) groups excluding carboxylic acids is 1. The first-order valence-corrected chi connectivity index (χ1v) is 5.31. The molecule has 86 valence electrons. The first-order chi connectivity index (χ1) is 7.49. The van der Waals surface area contributed by atoms with Crippen LogP contribution in [0, 0.1) is 5.41 Å². The molecule has 0 aliphatic heterocycles. The van der Waals surface area contributed by atoms with Crippen molar-refractivity contribution in [3.05, 3.63) is 29.8 Å². The van der Waals surface area contributed by atoms with Crippen LogP contribution in [0.15, 0.2) is 24.3 Å². The largest absolute Gasteiger partial charge is 0.508 e. The van der Waals surface area contributed by atoms with Crippen LogP contribution in [0.1, 0.15) is 38.2 Å². The highest BCUT2D eigenvalue weighted by Gasteiger charge is 2.15. The Morgan fingerprint density at radius 3 is 2.56 bits per heavy atom. The molecule has 1 aromatic rings. The normalized spacial score (nSPS) is 12.1. The molecule has 0 aromatic heterocycles. The van der Waals surface area contributed by atoms with Gasteiger partial charge in [0, 0.05) is 12.1 Å². The minimum atomic E-state index is 0.00194. The molecule has 0 aliphatic carbocycles. The highest BCUT2D eigenvalue weighted by Crippen LogP contribution is 2.26. The second-order valence-corrected chi connectivity index (χ2v) is 4.18. The van der Waals surface area contributed by atoms with Gasteiger partial charge in [-0.3, -0.25) is 0 Å². The van der Waals surface area contributed by atoms with E-state index in [1.807, 2.05) is 6.07 Å². The van der Waals surface area contributed by atoms with Crippen molar-refractivity contribution in [1.82, 2.24) is 0 Å². The summed E-state index contributed by atoms with van der Waals surface area (Å²) in [6.07, 6.45) is 0.975. The average Bonchev–Trinajstić information content (AvgIpc) is 2.15. The van der Waals surface area contributed by atoms with Gasteiger partial charge in [-0.05, 0) is 43.9 Å². The Bertz CT molecular complexity index is 383. The zero-order valence-electron chi connectivity index (χ0n) is 9.66. The molecule has 1 aromatic carbocycles. The standard InChI is InChI=1S/C13H17NO2/c1-9(14)6-12(7-10(2)15)11-4-3-5-13(16)8-11/h3-5,8,12,14,16H,6-7H2,1-2H3. The maximum atomic E-state index is 11.2. The van der Waals surface area contributed by atoms with Crippen LogP contribution in [-0.4, -0.2) is 16.6 Å². The Balaban J connectivity index is 2.90. The van der Waals surface area contributed by atoms with Crippen LogP contribution in [0.4, 0.5) is 0 Å². The first kappa shape index (κ1) is 12.4. The molecule has 2 N–H and O–H groups in total. The van der Waals surface area contributed by atoms with Crippen LogP contribution in [0.5, 0.6) is 5.75 Å².